The van der Waals surface area contributed by atoms with Crippen molar-refractivity contribution in [3.63, 3.8) is 0 Å². The van der Waals surface area contributed by atoms with Gasteiger partial charge in [-0.25, -0.2) is 0 Å². The van der Waals surface area contributed by atoms with Crippen molar-refractivity contribution in [1.82, 2.24) is 9.80 Å². The summed E-state index contributed by atoms with van der Waals surface area (Å²) in [6.45, 7) is 10.1. The Labute approximate surface area is 110 Å². The lowest BCUT2D eigenvalue weighted by Gasteiger charge is -2.38. The average molecular weight is 257 g/mol. The van der Waals surface area contributed by atoms with Crippen molar-refractivity contribution >= 4 is 5.91 Å². The first-order chi connectivity index (χ1) is 8.39. The summed E-state index contributed by atoms with van der Waals surface area (Å²) in [5, 5.41) is 0. The molecular formula is C13H27N3O2. The number of hydrogen-bond donors (Lipinski definition) is 1. The van der Waals surface area contributed by atoms with Crippen LogP contribution in [0.5, 0.6) is 0 Å². The lowest BCUT2D eigenvalue weighted by Crippen LogP contribution is -2.53. The normalized spacial score (nSPS) is 19.9. The number of amides is 1. The summed E-state index contributed by atoms with van der Waals surface area (Å²) in [6, 6.07) is 0.401. The fourth-order valence-electron chi connectivity index (χ4n) is 2.11. The van der Waals surface area contributed by atoms with E-state index in [9.17, 15) is 4.79 Å². The molecule has 18 heavy (non-hydrogen) atoms. The molecule has 1 amide bonds. The zero-order valence-electron chi connectivity index (χ0n) is 12.1. The molecule has 0 spiro atoms. The molecule has 0 aromatic carbocycles. The number of hydrogen-bond acceptors (Lipinski definition) is 4. The molecule has 5 heteroatoms. The lowest BCUT2D eigenvalue weighted by molar-refractivity contribution is -0.138. The van der Waals surface area contributed by atoms with E-state index in [0.29, 0.717) is 19.0 Å². The number of carbonyl (C=O) groups excluding carboxylic acids is 1. The first kappa shape index (κ1) is 15.4. The van der Waals surface area contributed by atoms with E-state index < -0.39 is 0 Å². The Morgan fingerprint density at radius 3 is 2.33 bits per heavy atom. The van der Waals surface area contributed by atoms with Crippen LogP contribution in [-0.2, 0) is 9.53 Å². The second-order valence-electron chi connectivity index (χ2n) is 5.64. The van der Waals surface area contributed by atoms with Gasteiger partial charge >= 0.3 is 0 Å². The van der Waals surface area contributed by atoms with Gasteiger partial charge in [0.1, 0.15) is 0 Å². The maximum Gasteiger partial charge on any atom is 0.225 e. The Morgan fingerprint density at radius 1 is 1.33 bits per heavy atom. The van der Waals surface area contributed by atoms with Gasteiger partial charge in [-0.1, -0.05) is 0 Å². The largest absolute Gasteiger partial charge is 0.378 e. The molecule has 5 nitrogen and oxygen atoms in total. The standard InChI is InChI=1S/C13H27N3O2/c1-11(10-14)15-5-7-16(8-6-15)12(17)9-13(2,3)18-4/h11H,5-10,14H2,1-4H3. The van der Waals surface area contributed by atoms with E-state index >= 15 is 0 Å². The maximum absolute atomic E-state index is 12.1. The van der Waals surface area contributed by atoms with Gasteiger partial charge in [0.15, 0.2) is 0 Å². The maximum atomic E-state index is 12.1. The summed E-state index contributed by atoms with van der Waals surface area (Å²) < 4.78 is 5.30. The zero-order chi connectivity index (χ0) is 13.8. The van der Waals surface area contributed by atoms with E-state index in [1.807, 2.05) is 18.7 Å². The molecule has 0 aliphatic carbocycles. The van der Waals surface area contributed by atoms with Crippen molar-refractivity contribution in [2.75, 3.05) is 39.8 Å². The molecule has 106 valence electrons. The van der Waals surface area contributed by atoms with Gasteiger partial charge in [0, 0.05) is 45.9 Å². The van der Waals surface area contributed by atoms with E-state index in [4.69, 9.17) is 10.5 Å². The Balaban J connectivity index is 2.41. The number of nitrogens with zero attached hydrogens (tertiary/aromatic N) is 2. The zero-order valence-corrected chi connectivity index (χ0v) is 12.1. The van der Waals surface area contributed by atoms with Gasteiger partial charge in [-0.05, 0) is 20.8 Å². The van der Waals surface area contributed by atoms with E-state index in [2.05, 4.69) is 11.8 Å². The molecule has 1 unspecified atom stereocenters. The van der Waals surface area contributed by atoms with Gasteiger partial charge in [-0.2, -0.15) is 0 Å². The number of methoxy groups -OCH3 is 1. The van der Waals surface area contributed by atoms with Gasteiger partial charge in [0.2, 0.25) is 5.91 Å². The average Bonchev–Trinajstić information content (AvgIpc) is 2.37. The lowest BCUT2D eigenvalue weighted by atomic mass is 10.0. The third-order valence-electron chi connectivity index (χ3n) is 3.76. The van der Waals surface area contributed by atoms with Crippen LogP contribution in [0.3, 0.4) is 0 Å². The predicted octanol–water partition coefficient (Wildman–Crippen LogP) is 0.293. The molecule has 0 radical (unpaired) electrons. The SMILES string of the molecule is COC(C)(C)CC(=O)N1CCN(C(C)CN)CC1. The molecule has 0 aromatic heterocycles. The summed E-state index contributed by atoms with van der Waals surface area (Å²) in [6.07, 6.45) is 0.440. The van der Waals surface area contributed by atoms with Gasteiger partial charge in [0.25, 0.3) is 0 Å². The Kier molecular flexibility index (Phi) is 5.56. The summed E-state index contributed by atoms with van der Waals surface area (Å²) in [5.41, 5.74) is 5.28. The van der Waals surface area contributed by atoms with Gasteiger partial charge < -0.3 is 15.4 Å². The topological polar surface area (TPSA) is 58.8 Å². The van der Waals surface area contributed by atoms with Gasteiger partial charge in [0.05, 0.1) is 12.0 Å². The van der Waals surface area contributed by atoms with Crippen LogP contribution in [-0.4, -0.2) is 67.2 Å². The summed E-state index contributed by atoms with van der Waals surface area (Å²) >= 11 is 0. The molecule has 0 aromatic rings. The van der Waals surface area contributed by atoms with Gasteiger partial charge in [-0.15, -0.1) is 0 Å². The first-order valence-electron chi connectivity index (χ1n) is 6.66. The fraction of sp³-hybridized carbons (Fsp3) is 0.923. The molecule has 2 N–H and O–H groups in total. The number of carbonyl (C=O) groups is 1. The second-order valence-corrected chi connectivity index (χ2v) is 5.64. The Hall–Kier alpha value is -0.650. The van der Waals surface area contributed by atoms with Crippen molar-refractivity contribution in [2.24, 2.45) is 5.73 Å². The van der Waals surface area contributed by atoms with Crippen LogP contribution >= 0.6 is 0 Å². The highest BCUT2D eigenvalue weighted by Gasteiger charge is 2.28. The summed E-state index contributed by atoms with van der Waals surface area (Å²) in [7, 11) is 1.65. The van der Waals surface area contributed by atoms with E-state index in [-0.39, 0.29) is 11.5 Å². The monoisotopic (exact) mass is 257 g/mol. The highest BCUT2D eigenvalue weighted by atomic mass is 16.5. The molecule has 1 heterocycles. The van der Waals surface area contributed by atoms with Gasteiger partial charge in [-0.3, -0.25) is 9.69 Å². The molecule has 1 fully saturated rings. The molecule has 0 saturated carbocycles. The van der Waals surface area contributed by atoms with Crippen LogP contribution in [0.25, 0.3) is 0 Å². The van der Waals surface area contributed by atoms with Crippen molar-refractivity contribution < 1.29 is 9.53 Å². The predicted molar refractivity (Wildman–Crippen MR) is 72.4 cm³/mol. The molecule has 1 aliphatic rings. The van der Waals surface area contributed by atoms with E-state index in [0.717, 1.165) is 26.2 Å². The highest BCUT2D eigenvalue weighted by Crippen LogP contribution is 2.16. The van der Waals surface area contributed by atoms with Crippen molar-refractivity contribution in [1.29, 1.82) is 0 Å². The molecular weight excluding hydrogens is 230 g/mol. The Bertz CT molecular complexity index is 273. The number of ether oxygens (including phenoxy) is 1. The number of rotatable bonds is 5. The van der Waals surface area contributed by atoms with E-state index in [1.54, 1.807) is 7.11 Å². The fourth-order valence-corrected chi connectivity index (χ4v) is 2.11. The van der Waals surface area contributed by atoms with Crippen molar-refractivity contribution in [2.45, 2.75) is 38.8 Å². The number of nitrogens with two attached hydrogens (primary N) is 1. The second kappa shape index (κ2) is 6.50. The first-order valence-corrected chi connectivity index (χ1v) is 6.66. The third-order valence-corrected chi connectivity index (χ3v) is 3.76. The summed E-state index contributed by atoms with van der Waals surface area (Å²) in [4.78, 5) is 16.4. The number of piperazine rings is 1. The molecule has 1 saturated heterocycles. The third kappa shape index (κ3) is 4.23. The van der Waals surface area contributed by atoms with Crippen molar-refractivity contribution in [3.05, 3.63) is 0 Å². The minimum Gasteiger partial charge on any atom is -0.378 e. The van der Waals surface area contributed by atoms with Crippen LogP contribution in [0, 0.1) is 0 Å². The van der Waals surface area contributed by atoms with Crippen LogP contribution in [0.4, 0.5) is 0 Å². The quantitative estimate of drug-likeness (QED) is 0.769. The van der Waals surface area contributed by atoms with Crippen LogP contribution in [0.1, 0.15) is 27.2 Å². The molecule has 1 rings (SSSR count). The molecule has 1 atom stereocenters. The van der Waals surface area contributed by atoms with Crippen LogP contribution < -0.4 is 5.73 Å². The smallest absolute Gasteiger partial charge is 0.225 e. The molecule has 0 bridgehead atoms. The molecule has 1 aliphatic heterocycles. The van der Waals surface area contributed by atoms with E-state index in [1.165, 1.54) is 0 Å². The highest BCUT2D eigenvalue weighted by molar-refractivity contribution is 5.77. The van der Waals surface area contributed by atoms with Crippen LogP contribution in [0.2, 0.25) is 0 Å². The van der Waals surface area contributed by atoms with Crippen LogP contribution in [0.15, 0.2) is 0 Å². The minimum atomic E-state index is -0.376. The summed E-state index contributed by atoms with van der Waals surface area (Å²) in [5.74, 6) is 0.182. The Morgan fingerprint density at radius 2 is 1.89 bits per heavy atom. The van der Waals surface area contributed by atoms with Crippen molar-refractivity contribution in [3.8, 4) is 0 Å². The minimum absolute atomic E-state index is 0.182.